The van der Waals surface area contributed by atoms with Crippen molar-refractivity contribution in [1.29, 1.82) is 0 Å². The minimum absolute atomic E-state index is 0.0103. The van der Waals surface area contributed by atoms with Crippen LogP contribution in [-0.4, -0.2) is 60.7 Å². The first-order valence-electron chi connectivity index (χ1n) is 18.9. The topological polar surface area (TPSA) is 102 Å². The van der Waals surface area contributed by atoms with Gasteiger partial charge in [0, 0.05) is 6.92 Å². The molecule has 5 aromatic carbocycles. The summed E-state index contributed by atoms with van der Waals surface area (Å²) in [5.74, 6) is -3.12. The van der Waals surface area contributed by atoms with Crippen molar-refractivity contribution in [3.05, 3.63) is 179 Å². The molecule has 1 amide bonds. The third kappa shape index (κ3) is 11.4. The van der Waals surface area contributed by atoms with Crippen LogP contribution in [0.4, 0.5) is 13.2 Å². The van der Waals surface area contributed by atoms with Gasteiger partial charge in [0.2, 0.25) is 0 Å². The van der Waals surface area contributed by atoms with Gasteiger partial charge in [-0.2, -0.15) is 13.2 Å². The summed E-state index contributed by atoms with van der Waals surface area (Å²) in [6, 6.07) is 44.2. The van der Waals surface area contributed by atoms with E-state index in [2.05, 4.69) is 5.32 Å². The molecule has 0 bridgehead atoms. The van der Waals surface area contributed by atoms with Gasteiger partial charge in [0.25, 0.3) is 0 Å². The van der Waals surface area contributed by atoms with Crippen LogP contribution in [-0.2, 0) is 71.0 Å². The SMILES string of the molecule is CC(=O)O[C@H]1[C@H](NC(=O)C(F)(F)F)[C@H](OCc2ccccc2)[C@@H](OCc2ccccc2)[C@H](OCc2ccccc2)[C@]1(COCc1ccccc1)OCc1ccccc1. The molecular formula is C46H46F3NO8. The maximum absolute atomic E-state index is 14.3. The summed E-state index contributed by atoms with van der Waals surface area (Å²) in [4.78, 5) is 26.3. The molecule has 58 heavy (non-hydrogen) atoms. The van der Waals surface area contributed by atoms with Gasteiger partial charge in [-0.25, -0.2) is 0 Å². The van der Waals surface area contributed by atoms with E-state index in [4.69, 9.17) is 28.4 Å². The molecule has 0 spiro atoms. The third-order valence-corrected chi connectivity index (χ3v) is 9.75. The van der Waals surface area contributed by atoms with Crippen LogP contribution in [0.25, 0.3) is 0 Å². The summed E-state index contributed by atoms with van der Waals surface area (Å²) in [5, 5.41) is 2.15. The highest BCUT2D eigenvalue weighted by Crippen LogP contribution is 2.42. The van der Waals surface area contributed by atoms with Gasteiger partial charge in [-0.05, 0) is 27.8 Å². The van der Waals surface area contributed by atoms with Crippen molar-refractivity contribution < 1.29 is 51.2 Å². The van der Waals surface area contributed by atoms with Crippen LogP contribution in [0.2, 0.25) is 0 Å². The van der Waals surface area contributed by atoms with Gasteiger partial charge in [0.1, 0.15) is 18.3 Å². The maximum atomic E-state index is 14.3. The predicted molar refractivity (Wildman–Crippen MR) is 209 cm³/mol. The van der Waals surface area contributed by atoms with Gasteiger partial charge in [-0.3, -0.25) is 9.59 Å². The zero-order chi connectivity index (χ0) is 40.8. The average Bonchev–Trinajstić information content (AvgIpc) is 3.24. The van der Waals surface area contributed by atoms with Gasteiger partial charge in [-0.1, -0.05) is 152 Å². The van der Waals surface area contributed by atoms with Crippen molar-refractivity contribution in [2.75, 3.05) is 6.61 Å². The molecule has 1 aliphatic carbocycles. The zero-order valence-electron chi connectivity index (χ0n) is 32.0. The largest absolute Gasteiger partial charge is 0.471 e. The monoisotopic (exact) mass is 797 g/mol. The smallest absolute Gasteiger partial charge is 0.457 e. The highest BCUT2D eigenvalue weighted by Gasteiger charge is 2.65. The lowest BCUT2D eigenvalue weighted by Crippen LogP contribution is -2.78. The summed E-state index contributed by atoms with van der Waals surface area (Å²) in [6.07, 6.45) is -10.9. The van der Waals surface area contributed by atoms with Crippen molar-refractivity contribution >= 4 is 11.9 Å². The second kappa shape index (κ2) is 20.4. The number of ether oxygens (including phenoxy) is 6. The molecule has 0 unspecified atom stereocenters. The number of hydrogen-bond donors (Lipinski definition) is 1. The Kier molecular flexibility index (Phi) is 14.8. The standard InChI is InChI=1S/C46H46F3NO8/c1-33(51)58-42-39(50-44(52)46(47,48)49)40(54-28-35-19-9-3-10-20-35)41(55-29-36-21-11-4-12-22-36)43(56-30-37-23-13-5-14-24-37)45(42,57-31-38-25-15-6-16-26-38)32-53-27-34-17-7-2-8-18-34/h2-26,39-43H,27-32H2,1H3,(H,50,52)/t39-,40+,41-,42+,43+,45-/m1/s1. The van der Waals surface area contributed by atoms with Crippen LogP contribution < -0.4 is 5.32 Å². The number of esters is 1. The molecule has 1 saturated carbocycles. The molecule has 1 fully saturated rings. The van der Waals surface area contributed by atoms with Crippen molar-refractivity contribution in [1.82, 2.24) is 5.32 Å². The fourth-order valence-electron chi connectivity index (χ4n) is 7.01. The molecule has 304 valence electrons. The third-order valence-electron chi connectivity index (χ3n) is 9.75. The molecule has 0 aliphatic heterocycles. The Hall–Kier alpha value is -5.37. The number of alkyl halides is 3. The van der Waals surface area contributed by atoms with Crippen molar-refractivity contribution in [2.45, 2.75) is 82.2 Å². The first-order valence-corrected chi connectivity index (χ1v) is 18.9. The Morgan fingerprint density at radius 2 is 0.948 bits per heavy atom. The lowest BCUT2D eigenvalue weighted by Gasteiger charge is -2.55. The van der Waals surface area contributed by atoms with Gasteiger partial charge in [0.05, 0.1) is 45.7 Å². The fourth-order valence-corrected chi connectivity index (χ4v) is 7.01. The van der Waals surface area contributed by atoms with Crippen LogP contribution >= 0.6 is 0 Å². The molecule has 1 N–H and O–H groups in total. The number of carbonyl (C=O) groups excluding carboxylic acids is 2. The lowest BCUT2D eigenvalue weighted by atomic mass is 9.72. The van der Waals surface area contributed by atoms with E-state index in [1.54, 1.807) is 24.3 Å². The lowest BCUT2D eigenvalue weighted by molar-refractivity contribution is -0.308. The summed E-state index contributed by atoms with van der Waals surface area (Å²) in [5.41, 5.74) is 1.78. The molecule has 5 aromatic rings. The maximum Gasteiger partial charge on any atom is 0.471 e. The van der Waals surface area contributed by atoms with E-state index < -0.39 is 54.1 Å². The number of benzene rings is 5. The molecule has 6 atom stereocenters. The molecule has 12 heteroatoms. The van der Waals surface area contributed by atoms with E-state index in [0.29, 0.717) is 11.1 Å². The molecule has 9 nitrogen and oxygen atoms in total. The van der Waals surface area contributed by atoms with Crippen LogP contribution in [0.1, 0.15) is 34.7 Å². The molecular weight excluding hydrogens is 751 g/mol. The Bertz CT molecular complexity index is 1990. The number of halogens is 3. The first kappa shape index (κ1) is 42.2. The van der Waals surface area contributed by atoms with Crippen LogP contribution in [0.15, 0.2) is 152 Å². The minimum Gasteiger partial charge on any atom is -0.457 e. The molecule has 6 rings (SSSR count). The fraction of sp³-hybridized carbons (Fsp3) is 0.304. The highest BCUT2D eigenvalue weighted by atomic mass is 19.4. The zero-order valence-corrected chi connectivity index (χ0v) is 32.0. The van der Waals surface area contributed by atoms with Gasteiger partial charge in [-0.15, -0.1) is 0 Å². The summed E-state index contributed by atoms with van der Waals surface area (Å²) in [6.45, 7) is 0.561. The Morgan fingerprint density at radius 1 is 0.552 bits per heavy atom. The number of hydrogen-bond acceptors (Lipinski definition) is 8. The molecule has 0 saturated heterocycles. The summed E-state index contributed by atoms with van der Waals surface area (Å²) in [7, 11) is 0. The van der Waals surface area contributed by atoms with Crippen molar-refractivity contribution in [2.24, 2.45) is 0 Å². The van der Waals surface area contributed by atoms with Gasteiger partial charge < -0.3 is 33.7 Å². The van der Waals surface area contributed by atoms with E-state index in [9.17, 15) is 22.8 Å². The van der Waals surface area contributed by atoms with Gasteiger partial charge in [0.15, 0.2) is 11.7 Å². The second-order valence-electron chi connectivity index (χ2n) is 14.0. The Morgan fingerprint density at radius 3 is 1.38 bits per heavy atom. The second-order valence-corrected chi connectivity index (χ2v) is 14.0. The van der Waals surface area contributed by atoms with E-state index in [0.717, 1.165) is 23.6 Å². The number of rotatable bonds is 18. The first-order chi connectivity index (χ1) is 28.1. The van der Waals surface area contributed by atoms with E-state index in [1.165, 1.54) is 0 Å². The predicted octanol–water partition coefficient (Wildman–Crippen LogP) is 7.91. The molecule has 1 aliphatic rings. The Balaban J connectivity index is 1.54. The van der Waals surface area contributed by atoms with Crippen LogP contribution in [0.5, 0.6) is 0 Å². The molecule has 0 aromatic heterocycles. The van der Waals surface area contributed by atoms with Crippen LogP contribution in [0.3, 0.4) is 0 Å². The summed E-state index contributed by atoms with van der Waals surface area (Å²) >= 11 is 0. The minimum atomic E-state index is -5.32. The van der Waals surface area contributed by atoms with E-state index in [1.807, 2.05) is 127 Å². The van der Waals surface area contributed by atoms with E-state index >= 15 is 0 Å². The summed E-state index contributed by atoms with van der Waals surface area (Å²) < 4.78 is 82.4. The Labute approximate surface area is 336 Å². The normalized spacial score (nSPS) is 21.9. The van der Waals surface area contributed by atoms with Crippen LogP contribution in [0, 0.1) is 0 Å². The molecule has 0 radical (unpaired) electrons. The molecule has 0 heterocycles. The van der Waals surface area contributed by atoms with Crippen molar-refractivity contribution in [3.8, 4) is 0 Å². The number of amides is 1. The van der Waals surface area contributed by atoms with Crippen molar-refractivity contribution in [3.63, 3.8) is 0 Å². The van der Waals surface area contributed by atoms with E-state index in [-0.39, 0.29) is 39.6 Å². The number of nitrogens with one attached hydrogen (secondary N) is 1. The number of carbonyl (C=O) groups is 2. The quantitative estimate of drug-likeness (QED) is 0.0894. The average molecular weight is 798 g/mol. The van der Waals surface area contributed by atoms with Gasteiger partial charge >= 0.3 is 18.1 Å². The highest BCUT2D eigenvalue weighted by molar-refractivity contribution is 5.82.